The standard InChI is InChI=1S/C17H18N2S/c1-11-8-15(14-6-4-5-7-16(14)19-11)17(18-3)13-9-12(2)20-10-13/h4-10,17-18H,1-3H3. The van der Waals surface area contributed by atoms with Crippen LogP contribution in [0.25, 0.3) is 10.9 Å². The highest BCUT2D eigenvalue weighted by Gasteiger charge is 2.16. The summed E-state index contributed by atoms with van der Waals surface area (Å²) in [5.74, 6) is 0. The molecule has 3 heteroatoms. The lowest BCUT2D eigenvalue weighted by molar-refractivity contribution is 0.697. The van der Waals surface area contributed by atoms with Crippen molar-refractivity contribution in [3.8, 4) is 0 Å². The lowest BCUT2D eigenvalue weighted by Crippen LogP contribution is -2.17. The molecule has 102 valence electrons. The van der Waals surface area contributed by atoms with E-state index in [1.165, 1.54) is 21.4 Å². The van der Waals surface area contributed by atoms with E-state index in [1.807, 2.05) is 13.1 Å². The summed E-state index contributed by atoms with van der Waals surface area (Å²) in [6, 6.07) is 13.0. The summed E-state index contributed by atoms with van der Waals surface area (Å²) in [5.41, 5.74) is 4.75. The van der Waals surface area contributed by atoms with Crippen LogP contribution in [0.4, 0.5) is 0 Å². The van der Waals surface area contributed by atoms with Crippen molar-refractivity contribution in [3.05, 3.63) is 63.5 Å². The van der Waals surface area contributed by atoms with E-state index in [2.05, 4.69) is 59.9 Å². The number of aromatic nitrogens is 1. The van der Waals surface area contributed by atoms with Gasteiger partial charge in [0, 0.05) is 16.0 Å². The van der Waals surface area contributed by atoms with Crippen molar-refractivity contribution in [1.82, 2.24) is 10.3 Å². The molecule has 0 aliphatic rings. The molecule has 2 nitrogen and oxygen atoms in total. The van der Waals surface area contributed by atoms with Crippen molar-refractivity contribution in [3.63, 3.8) is 0 Å². The Labute approximate surface area is 123 Å². The van der Waals surface area contributed by atoms with Crippen molar-refractivity contribution in [2.75, 3.05) is 7.05 Å². The van der Waals surface area contributed by atoms with Gasteiger partial charge >= 0.3 is 0 Å². The first kappa shape index (κ1) is 13.3. The smallest absolute Gasteiger partial charge is 0.0708 e. The number of aryl methyl sites for hydroxylation is 2. The summed E-state index contributed by atoms with van der Waals surface area (Å²) in [5, 5.41) is 6.91. The zero-order valence-electron chi connectivity index (χ0n) is 12.0. The normalized spacial score (nSPS) is 12.8. The van der Waals surface area contributed by atoms with Crippen molar-refractivity contribution in [2.24, 2.45) is 0 Å². The zero-order valence-corrected chi connectivity index (χ0v) is 12.8. The molecular weight excluding hydrogens is 264 g/mol. The molecule has 1 atom stereocenters. The van der Waals surface area contributed by atoms with Gasteiger partial charge in [-0.1, -0.05) is 18.2 Å². The zero-order chi connectivity index (χ0) is 14.1. The summed E-state index contributed by atoms with van der Waals surface area (Å²) >= 11 is 1.80. The third-order valence-electron chi connectivity index (χ3n) is 3.56. The molecule has 0 aliphatic carbocycles. The number of nitrogens with zero attached hydrogens (tertiary/aromatic N) is 1. The first-order valence-corrected chi connectivity index (χ1v) is 7.65. The Kier molecular flexibility index (Phi) is 3.55. The minimum Gasteiger partial charge on any atom is -0.309 e. The molecule has 0 spiro atoms. The molecule has 3 aromatic rings. The fourth-order valence-corrected chi connectivity index (χ4v) is 3.43. The highest BCUT2D eigenvalue weighted by molar-refractivity contribution is 7.10. The van der Waals surface area contributed by atoms with Crippen LogP contribution in [0.15, 0.2) is 41.8 Å². The third-order valence-corrected chi connectivity index (χ3v) is 4.44. The van der Waals surface area contributed by atoms with E-state index in [1.54, 1.807) is 11.3 Å². The molecule has 1 N–H and O–H groups in total. The van der Waals surface area contributed by atoms with Crippen LogP contribution < -0.4 is 5.32 Å². The molecule has 20 heavy (non-hydrogen) atoms. The van der Waals surface area contributed by atoms with Gasteiger partial charge < -0.3 is 5.32 Å². The van der Waals surface area contributed by atoms with Gasteiger partial charge in [-0.25, -0.2) is 0 Å². The molecule has 0 bridgehead atoms. The summed E-state index contributed by atoms with van der Waals surface area (Å²) in [6.45, 7) is 4.21. The van der Waals surface area contributed by atoms with E-state index in [-0.39, 0.29) is 6.04 Å². The van der Waals surface area contributed by atoms with Gasteiger partial charge in [0.05, 0.1) is 11.6 Å². The maximum absolute atomic E-state index is 4.63. The largest absolute Gasteiger partial charge is 0.309 e. The summed E-state index contributed by atoms with van der Waals surface area (Å²) in [4.78, 5) is 5.97. The second kappa shape index (κ2) is 5.35. The van der Waals surface area contributed by atoms with Crippen LogP contribution >= 0.6 is 11.3 Å². The number of fused-ring (bicyclic) bond motifs is 1. The van der Waals surface area contributed by atoms with Crippen LogP contribution in [0.3, 0.4) is 0 Å². The van der Waals surface area contributed by atoms with Crippen LogP contribution in [0.1, 0.15) is 27.7 Å². The van der Waals surface area contributed by atoms with Crippen LogP contribution in [0, 0.1) is 13.8 Å². The average molecular weight is 282 g/mol. The molecule has 0 radical (unpaired) electrons. The average Bonchev–Trinajstić information content (AvgIpc) is 2.86. The van der Waals surface area contributed by atoms with E-state index >= 15 is 0 Å². The Morgan fingerprint density at radius 1 is 1.15 bits per heavy atom. The van der Waals surface area contributed by atoms with Crippen LogP contribution in [0.5, 0.6) is 0 Å². The maximum atomic E-state index is 4.63. The van der Waals surface area contributed by atoms with Crippen LogP contribution in [0.2, 0.25) is 0 Å². The van der Waals surface area contributed by atoms with Gasteiger partial charge in [-0.2, -0.15) is 0 Å². The van der Waals surface area contributed by atoms with E-state index < -0.39 is 0 Å². The second-order valence-corrected chi connectivity index (χ2v) is 6.20. The molecule has 1 unspecified atom stereocenters. The minimum atomic E-state index is 0.214. The van der Waals surface area contributed by atoms with E-state index in [9.17, 15) is 0 Å². The molecule has 2 heterocycles. The fraction of sp³-hybridized carbons (Fsp3) is 0.235. The Bertz CT molecular complexity index is 746. The molecule has 0 amide bonds. The van der Waals surface area contributed by atoms with Gasteiger partial charge in [0.15, 0.2) is 0 Å². The van der Waals surface area contributed by atoms with Crippen molar-refractivity contribution >= 4 is 22.2 Å². The molecule has 0 saturated heterocycles. The highest BCUT2D eigenvalue weighted by atomic mass is 32.1. The summed E-state index contributed by atoms with van der Waals surface area (Å²) in [6.07, 6.45) is 0. The lowest BCUT2D eigenvalue weighted by atomic mass is 9.96. The molecule has 3 rings (SSSR count). The van der Waals surface area contributed by atoms with Gasteiger partial charge in [0.25, 0.3) is 0 Å². The maximum Gasteiger partial charge on any atom is 0.0708 e. The van der Waals surface area contributed by atoms with Crippen LogP contribution in [-0.2, 0) is 0 Å². The Morgan fingerprint density at radius 3 is 2.65 bits per heavy atom. The fourth-order valence-electron chi connectivity index (χ4n) is 2.70. The topological polar surface area (TPSA) is 24.9 Å². The molecule has 0 aliphatic heterocycles. The van der Waals surface area contributed by atoms with Gasteiger partial charge in [-0.15, -0.1) is 11.3 Å². The van der Waals surface area contributed by atoms with E-state index in [0.29, 0.717) is 0 Å². The van der Waals surface area contributed by atoms with Gasteiger partial charge in [0.2, 0.25) is 0 Å². The Balaban J connectivity index is 2.21. The summed E-state index contributed by atoms with van der Waals surface area (Å²) < 4.78 is 0. The molecule has 0 saturated carbocycles. The minimum absolute atomic E-state index is 0.214. The van der Waals surface area contributed by atoms with E-state index in [4.69, 9.17) is 0 Å². The number of benzene rings is 1. The number of para-hydroxylation sites is 1. The number of hydrogen-bond acceptors (Lipinski definition) is 3. The number of thiophene rings is 1. The number of nitrogens with one attached hydrogen (secondary N) is 1. The van der Waals surface area contributed by atoms with Gasteiger partial charge in [0.1, 0.15) is 0 Å². The monoisotopic (exact) mass is 282 g/mol. The molecule has 2 aromatic heterocycles. The second-order valence-electron chi connectivity index (χ2n) is 5.08. The number of pyridine rings is 1. The third kappa shape index (κ3) is 2.35. The first-order chi connectivity index (χ1) is 9.69. The Morgan fingerprint density at radius 2 is 1.95 bits per heavy atom. The number of hydrogen-bond donors (Lipinski definition) is 1. The first-order valence-electron chi connectivity index (χ1n) is 6.77. The van der Waals surface area contributed by atoms with Crippen molar-refractivity contribution < 1.29 is 0 Å². The SMILES string of the molecule is CNC(c1csc(C)c1)c1cc(C)nc2ccccc12. The Hall–Kier alpha value is -1.71. The quantitative estimate of drug-likeness (QED) is 0.778. The van der Waals surface area contributed by atoms with Crippen molar-refractivity contribution in [1.29, 1.82) is 0 Å². The van der Waals surface area contributed by atoms with Crippen LogP contribution in [-0.4, -0.2) is 12.0 Å². The molecule has 0 fully saturated rings. The van der Waals surface area contributed by atoms with E-state index in [0.717, 1.165) is 11.2 Å². The number of rotatable bonds is 3. The van der Waals surface area contributed by atoms with Gasteiger partial charge in [-0.3, -0.25) is 4.98 Å². The lowest BCUT2D eigenvalue weighted by Gasteiger charge is -2.18. The molecular formula is C17H18N2S. The molecule has 1 aromatic carbocycles. The van der Waals surface area contributed by atoms with Gasteiger partial charge in [-0.05, 0) is 55.6 Å². The van der Waals surface area contributed by atoms with Crippen molar-refractivity contribution in [2.45, 2.75) is 19.9 Å². The highest BCUT2D eigenvalue weighted by Crippen LogP contribution is 2.30. The summed E-state index contributed by atoms with van der Waals surface area (Å²) in [7, 11) is 2.02. The predicted octanol–water partition coefficient (Wildman–Crippen LogP) is 4.22. The predicted molar refractivity (Wildman–Crippen MR) is 86.4 cm³/mol.